The fourth-order valence-corrected chi connectivity index (χ4v) is 2.68. The molecule has 0 aromatic carbocycles. The van der Waals surface area contributed by atoms with Gasteiger partial charge < -0.3 is 5.73 Å². The molecule has 0 aliphatic heterocycles. The maximum Gasteiger partial charge on any atom is 0.266 e. The largest absolute Gasteiger partial charge is 0.383 e. The fraction of sp³-hybridized carbons (Fsp3) is 0.167. The Morgan fingerprint density at radius 3 is 2.33 bits per heavy atom. The molecule has 1 aromatic rings. The Morgan fingerprint density at radius 1 is 1.47 bits per heavy atom. The number of primary sulfonamides is 1. The zero-order valence-corrected chi connectivity index (χ0v) is 10.1. The summed E-state index contributed by atoms with van der Waals surface area (Å²) in [7, 11) is -4.30. The molecule has 0 unspecified atom stereocenters. The van der Waals surface area contributed by atoms with Gasteiger partial charge in [0.15, 0.2) is 0 Å². The fourth-order valence-electron chi connectivity index (χ4n) is 1.00. The molecule has 1 aromatic heterocycles. The van der Waals surface area contributed by atoms with E-state index >= 15 is 0 Å². The third-order valence-electron chi connectivity index (χ3n) is 1.55. The van der Waals surface area contributed by atoms with Crippen LogP contribution < -0.4 is 10.9 Å². The Morgan fingerprint density at radius 2 is 2.00 bits per heavy atom. The maximum absolute atomic E-state index is 12.6. The molecule has 9 heteroatoms. The standard InChI is InChI=1S/C6H6F2IN3O2S/c7-5(8)3-2(9)1-12-6(10)4(3)15(11,13)14/h1,5H,(H2,10,12)(H2,11,13,14). The lowest BCUT2D eigenvalue weighted by molar-refractivity contribution is 0.147. The second-order valence-electron chi connectivity index (χ2n) is 2.58. The summed E-state index contributed by atoms with van der Waals surface area (Å²) in [5.41, 5.74) is 4.50. The zero-order chi connectivity index (χ0) is 11.8. The van der Waals surface area contributed by atoms with Crippen molar-refractivity contribution in [1.82, 2.24) is 4.98 Å². The second-order valence-corrected chi connectivity index (χ2v) is 5.24. The number of halogens is 3. The predicted octanol–water partition coefficient (Wildman–Crippen LogP) is 0.853. The molecule has 0 bridgehead atoms. The molecule has 1 heterocycles. The van der Waals surface area contributed by atoms with Gasteiger partial charge in [-0.05, 0) is 22.6 Å². The van der Waals surface area contributed by atoms with Crippen LogP contribution >= 0.6 is 22.6 Å². The summed E-state index contributed by atoms with van der Waals surface area (Å²) >= 11 is 1.54. The molecule has 0 spiro atoms. The second kappa shape index (κ2) is 4.14. The van der Waals surface area contributed by atoms with E-state index in [1.165, 1.54) is 22.6 Å². The number of pyridine rings is 1. The van der Waals surface area contributed by atoms with E-state index in [0.717, 1.165) is 6.20 Å². The smallest absolute Gasteiger partial charge is 0.266 e. The maximum atomic E-state index is 12.6. The molecule has 0 atom stereocenters. The van der Waals surface area contributed by atoms with Crippen LogP contribution in [0.5, 0.6) is 0 Å². The van der Waals surface area contributed by atoms with E-state index in [4.69, 9.17) is 10.9 Å². The lowest BCUT2D eigenvalue weighted by Crippen LogP contribution is -2.18. The Kier molecular flexibility index (Phi) is 3.45. The number of anilines is 1. The van der Waals surface area contributed by atoms with Crippen molar-refractivity contribution in [2.45, 2.75) is 11.3 Å². The van der Waals surface area contributed by atoms with Crippen LogP contribution in [0, 0.1) is 3.57 Å². The minimum Gasteiger partial charge on any atom is -0.383 e. The van der Waals surface area contributed by atoms with Gasteiger partial charge in [-0.3, -0.25) is 0 Å². The van der Waals surface area contributed by atoms with Crippen molar-refractivity contribution in [3.05, 3.63) is 15.3 Å². The Bertz CT molecular complexity index is 491. The van der Waals surface area contributed by atoms with E-state index in [1.54, 1.807) is 0 Å². The van der Waals surface area contributed by atoms with E-state index in [1.807, 2.05) is 0 Å². The van der Waals surface area contributed by atoms with Crippen LogP contribution in [0.15, 0.2) is 11.1 Å². The van der Waals surface area contributed by atoms with Gasteiger partial charge >= 0.3 is 0 Å². The zero-order valence-electron chi connectivity index (χ0n) is 7.12. The van der Waals surface area contributed by atoms with Gasteiger partial charge in [-0.15, -0.1) is 0 Å². The van der Waals surface area contributed by atoms with Crippen molar-refractivity contribution in [3.8, 4) is 0 Å². The summed E-state index contributed by atoms with van der Waals surface area (Å²) in [6.45, 7) is 0. The van der Waals surface area contributed by atoms with Gasteiger partial charge in [-0.2, -0.15) is 0 Å². The molecule has 1 rings (SSSR count). The van der Waals surface area contributed by atoms with E-state index in [0.29, 0.717) is 0 Å². The molecular formula is C6H6F2IN3O2S. The number of aromatic nitrogens is 1. The number of nitrogen functional groups attached to an aromatic ring is 1. The number of nitrogens with zero attached hydrogens (tertiary/aromatic N) is 1. The molecule has 0 aliphatic rings. The monoisotopic (exact) mass is 349 g/mol. The summed E-state index contributed by atoms with van der Waals surface area (Å²) in [6.07, 6.45) is -1.91. The number of nitrogens with two attached hydrogens (primary N) is 2. The molecule has 0 fully saturated rings. The van der Waals surface area contributed by atoms with Gasteiger partial charge in [0.25, 0.3) is 6.43 Å². The van der Waals surface area contributed by atoms with E-state index in [9.17, 15) is 17.2 Å². The van der Waals surface area contributed by atoms with Crippen molar-refractivity contribution in [2.75, 3.05) is 5.73 Å². The van der Waals surface area contributed by atoms with Crippen LogP contribution in [0.3, 0.4) is 0 Å². The minimum absolute atomic E-state index is 0.000764. The quantitative estimate of drug-likeness (QED) is 0.774. The van der Waals surface area contributed by atoms with Crippen molar-refractivity contribution in [2.24, 2.45) is 5.14 Å². The van der Waals surface area contributed by atoms with E-state index in [2.05, 4.69) is 4.98 Å². The van der Waals surface area contributed by atoms with Gasteiger partial charge in [0, 0.05) is 9.77 Å². The first-order valence-corrected chi connectivity index (χ1v) is 6.12. The summed E-state index contributed by atoms with van der Waals surface area (Å²) in [5.74, 6) is -0.520. The van der Waals surface area contributed by atoms with Crippen LogP contribution in [0.1, 0.15) is 12.0 Å². The van der Waals surface area contributed by atoms with Crippen molar-refractivity contribution >= 4 is 38.4 Å². The molecule has 0 radical (unpaired) electrons. The lowest BCUT2D eigenvalue weighted by Gasteiger charge is -2.10. The lowest BCUT2D eigenvalue weighted by atomic mass is 10.3. The van der Waals surface area contributed by atoms with Crippen LogP contribution in [0.4, 0.5) is 14.6 Å². The van der Waals surface area contributed by atoms with Crippen LogP contribution in [0.25, 0.3) is 0 Å². The Balaban J connectivity index is 3.68. The number of hydrogen-bond donors (Lipinski definition) is 2. The van der Waals surface area contributed by atoms with E-state index in [-0.39, 0.29) is 3.57 Å². The first kappa shape index (κ1) is 12.5. The van der Waals surface area contributed by atoms with Gasteiger partial charge in [0.2, 0.25) is 10.0 Å². The predicted molar refractivity (Wildman–Crippen MR) is 57.7 cm³/mol. The number of alkyl halides is 2. The van der Waals surface area contributed by atoms with Gasteiger partial charge in [-0.25, -0.2) is 27.3 Å². The molecule has 5 nitrogen and oxygen atoms in total. The third-order valence-corrected chi connectivity index (χ3v) is 3.41. The van der Waals surface area contributed by atoms with Gasteiger partial charge in [0.05, 0.1) is 5.56 Å². The molecule has 0 amide bonds. The van der Waals surface area contributed by atoms with E-state index < -0.39 is 32.7 Å². The first-order valence-electron chi connectivity index (χ1n) is 3.50. The molecule has 15 heavy (non-hydrogen) atoms. The minimum atomic E-state index is -4.30. The highest BCUT2D eigenvalue weighted by molar-refractivity contribution is 14.1. The Labute approximate surface area is 98.0 Å². The van der Waals surface area contributed by atoms with Crippen LogP contribution in [-0.4, -0.2) is 13.4 Å². The average Bonchev–Trinajstić information content (AvgIpc) is 2.05. The van der Waals surface area contributed by atoms with Crippen LogP contribution in [0.2, 0.25) is 0 Å². The molecule has 4 N–H and O–H groups in total. The average molecular weight is 349 g/mol. The molecule has 0 saturated heterocycles. The topological polar surface area (TPSA) is 99.1 Å². The SMILES string of the molecule is Nc1ncc(I)c(C(F)F)c1S(N)(=O)=O. The van der Waals surface area contributed by atoms with Gasteiger partial charge in [0.1, 0.15) is 10.7 Å². The molecule has 0 aliphatic carbocycles. The van der Waals surface area contributed by atoms with Crippen molar-refractivity contribution in [3.63, 3.8) is 0 Å². The highest BCUT2D eigenvalue weighted by atomic mass is 127. The van der Waals surface area contributed by atoms with Gasteiger partial charge in [-0.1, -0.05) is 0 Å². The summed E-state index contributed by atoms with van der Waals surface area (Å²) in [5, 5.41) is 4.78. The van der Waals surface area contributed by atoms with Crippen molar-refractivity contribution < 1.29 is 17.2 Å². The summed E-state index contributed by atoms with van der Waals surface area (Å²) in [4.78, 5) is 2.66. The highest BCUT2D eigenvalue weighted by Gasteiger charge is 2.26. The third kappa shape index (κ3) is 2.52. The van der Waals surface area contributed by atoms with Crippen LogP contribution in [-0.2, 0) is 10.0 Å². The summed E-state index contributed by atoms with van der Waals surface area (Å²) in [6, 6.07) is 0. The number of rotatable bonds is 2. The highest BCUT2D eigenvalue weighted by Crippen LogP contribution is 2.32. The molecular weight excluding hydrogens is 343 g/mol. The molecule has 0 saturated carbocycles. The number of hydrogen-bond acceptors (Lipinski definition) is 4. The Hall–Kier alpha value is -0.550. The molecule has 84 valence electrons. The number of sulfonamides is 1. The summed E-state index contributed by atoms with van der Waals surface area (Å²) < 4.78 is 47.3. The normalized spacial score (nSPS) is 12.1. The first-order chi connectivity index (χ1) is 6.75. The van der Waals surface area contributed by atoms with Crippen molar-refractivity contribution in [1.29, 1.82) is 0 Å².